The summed E-state index contributed by atoms with van der Waals surface area (Å²) in [5.74, 6) is 0. The van der Waals surface area contributed by atoms with Gasteiger partial charge in [-0.2, -0.15) is 0 Å². The number of hydrogen-bond acceptors (Lipinski definition) is 4. The number of hydrogen-bond donors (Lipinski definition) is 1. The number of carbonyl (C=O) groups is 1. The molecule has 0 aliphatic carbocycles. The van der Waals surface area contributed by atoms with Crippen LogP contribution in [0.15, 0.2) is 77.7 Å². The first kappa shape index (κ1) is 21.8. The Morgan fingerprint density at radius 1 is 1.00 bits per heavy atom. The zero-order chi connectivity index (χ0) is 22.7. The lowest BCUT2D eigenvalue weighted by Gasteiger charge is -2.43. The van der Waals surface area contributed by atoms with Crippen LogP contribution >= 0.6 is 0 Å². The molecule has 1 amide bonds. The minimum Gasteiger partial charge on any atom is -0.438 e. The standard InChI is InChI=1S/C26H28N2O4/c1-19(20-8-10-21(11-9-20)22-12-13-24(30)27(2)18-22)28-16-14-26(15-17-29,32-25(28)31)23-6-4-3-5-7-23/h3-13,18-19,29H,14-17H2,1-2H3/t19-,26?/m0/s1. The summed E-state index contributed by atoms with van der Waals surface area (Å²) in [6.45, 7) is 2.48. The summed E-state index contributed by atoms with van der Waals surface area (Å²) in [7, 11) is 1.73. The molecule has 2 aromatic carbocycles. The van der Waals surface area contributed by atoms with Gasteiger partial charge in [-0.25, -0.2) is 4.79 Å². The molecule has 1 fully saturated rings. The molecule has 0 bridgehead atoms. The van der Waals surface area contributed by atoms with Crippen molar-refractivity contribution in [2.75, 3.05) is 13.2 Å². The number of nitrogens with zero attached hydrogens (tertiary/aromatic N) is 2. The predicted molar refractivity (Wildman–Crippen MR) is 123 cm³/mol. The zero-order valence-electron chi connectivity index (χ0n) is 18.4. The molecule has 166 valence electrons. The maximum absolute atomic E-state index is 13.0. The van der Waals surface area contributed by atoms with Crippen LogP contribution in [0.1, 0.15) is 36.9 Å². The first-order valence-electron chi connectivity index (χ1n) is 10.9. The lowest BCUT2D eigenvalue weighted by molar-refractivity contribution is -0.0718. The first-order valence-corrected chi connectivity index (χ1v) is 10.9. The highest BCUT2D eigenvalue weighted by Gasteiger charge is 2.43. The topological polar surface area (TPSA) is 71.8 Å². The van der Waals surface area contributed by atoms with Crippen molar-refractivity contribution in [3.05, 3.63) is 94.4 Å². The Labute approximate surface area is 187 Å². The molecule has 2 atom stereocenters. The largest absolute Gasteiger partial charge is 0.438 e. The Morgan fingerprint density at radius 2 is 1.69 bits per heavy atom. The van der Waals surface area contributed by atoms with Gasteiger partial charge in [0.1, 0.15) is 5.60 Å². The van der Waals surface area contributed by atoms with E-state index in [1.165, 1.54) is 0 Å². The number of cyclic esters (lactones) is 1. The van der Waals surface area contributed by atoms with E-state index in [4.69, 9.17) is 4.74 Å². The number of aryl methyl sites for hydroxylation is 1. The van der Waals surface area contributed by atoms with E-state index in [2.05, 4.69) is 0 Å². The van der Waals surface area contributed by atoms with Crippen molar-refractivity contribution in [3.8, 4) is 11.1 Å². The number of benzene rings is 2. The number of amides is 1. The molecule has 1 N–H and O–H groups in total. The number of rotatable bonds is 6. The van der Waals surface area contributed by atoms with Crippen molar-refractivity contribution in [3.63, 3.8) is 0 Å². The number of pyridine rings is 1. The van der Waals surface area contributed by atoms with Crippen molar-refractivity contribution in [2.45, 2.75) is 31.4 Å². The van der Waals surface area contributed by atoms with Gasteiger partial charge >= 0.3 is 6.09 Å². The molecule has 1 aliphatic rings. The summed E-state index contributed by atoms with van der Waals surface area (Å²) in [6, 6.07) is 20.9. The molecule has 0 spiro atoms. The first-order chi connectivity index (χ1) is 15.4. The molecule has 4 rings (SSSR count). The van der Waals surface area contributed by atoms with Gasteiger partial charge in [-0.1, -0.05) is 54.6 Å². The van der Waals surface area contributed by atoms with Gasteiger partial charge in [0, 0.05) is 45.3 Å². The van der Waals surface area contributed by atoms with Crippen molar-refractivity contribution >= 4 is 6.09 Å². The third-order valence-electron chi connectivity index (χ3n) is 6.37. The zero-order valence-corrected chi connectivity index (χ0v) is 18.4. The Balaban J connectivity index is 1.51. The van der Waals surface area contributed by atoms with E-state index < -0.39 is 5.60 Å². The van der Waals surface area contributed by atoms with Gasteiger partial charge in [-0.3, -0.25) is 4.79 Å². The Morgan fingerprint density at radius 3 is 2.31 bits per heavy atom. The van der Waals surface area contributed by atoms with E-state index >= 15 is 0 Å². The van der Waals surface area contributed by atoms with E-state index in [0.717, 1.165) is 22.3 Å². The molecule has 0 saturated carbocycles. The van der Waals surface area contributed by atoms with Gasteiger partial charge < -0.3 is 19.3 Å². The van der Waals surface area contributed by atoms with Gasteiger partial charge in [0.15, 0.2) is 0 Å². The fourth-order valence-electron chi connectivity index (χ4n) is 4.37. The highest BCUT2D eigenvalue weighted by atomic mass is 16.6. The van der Waals surface area contributed by atoms with Gasteiger partial charge in [0.2, 0.25) is 5.56 Å². The van der Waals surface area contributed by atoms with E-state index in [-0.39, 0.29) is 24.3 Å². The summed E-state index contributed by atoms with van der Waals surface area (Å²) in [5.41, 5.74) is 3.04. The Hall–Kier alpha value is -3.38. The van der Waals surface area contributed by atoms with Crippen molar-refractivity contribution in [1.82, 2.24) is 9.47 Å². The number of carbonyl (C=O) groups excluding carboxylic acids is 1. The minimum absolute atomic E-state index is 0.0459. The van der Waals surface area contributed by atoms with Gasteiger partial charge in [-0.05, 0) is 35.2 Å². The maximum atomic E-state index is 13.0. The molecule has 6 nitrogen and oxygen atoms in total. The summed E-state index contributed by atoms with van der Waals surface area (Å²) in [4.78, 5) is 26.4. The van der Waals surface area contributed by atoms with Crippen LogP contribution in [-0.4, -0.2) is 33.8 Å². The van der Waals surface area contributed by atoms with Crippen molar-refractivity contribution in [2.24, 2.45) is 7.05 Å². The fraction of sp³-hybridized carbons (Fsp3) is 0.308. The smallest absolute Gasteiger partial charge is 0.411 e. The molecular weight excluding hydrogens is 404 g/mol. The SMILES string of the molecule is C[C@@H](c1ccc(-c2ccc(=O)n(C)c2)cc1)N1CCC(CCO)(c2ccccc2)OC1=O. The van der Waals surface area contributed by atoms with E-state index in [9.17, 15) is 14.7 Å². The molecule has 0 radical (unpaired) electrons. The van der Waals surface area contributed by atoms with Crippen LogP contribution in [0.5, 0.6) is 0 Å². The van der Waals surface area contributed by atoms with Gasteiger partial charge in [-0.15, -0.1) is 0 Å². The van der Waals surface area contributed by atoms with Gasteiger partial charge in [0.05, 0.1) is 6.04 Å². The Kier molecular flexibility index (Phi) is 6.15. The third kappa shape index (κ3) is 4.18. The molecule has 1 saturated heterocycles. The number of ether oxygens (including phenoxy) is 1. The fourth-order valence-corrected chi connectivity index (χ4v) is 4.37. The molecular formula is C26H28N2O4. The second-order valence-corrected chi connectivity index (χ2v) is 8.31. The lowest BCUT2D eigenvalue weighted by Crippen LogP contribution is -2.49. The second kappa shape index (κ2) is 9.01. The molecule has 32 heavy (non-hydrogen) atoms. The summed E-state index contributed by atoms with van der Waals surface area (Å²) in [5, 5.41) is 9.61. The van der Waals surface area contributed by atoms with Crippen LogP contribution in [0.3, 0.4) is 0 Å². The molecule has 6 heteroatoms. The van der Waals surface area contributed by atoms with Gasteiger partial charge in [0.25, 0.3) is 0 Å². The number of aliphatic hydroxyl groups excluding tert-OH is 1. The van der Waals surface area contributed by atoms with Crippen LogP contribution < -0.4 is 5.56 Å². The van der Waals surface area contributed by atoms with E-state index in [1.54, 1.807) is 22.6 Å². The normalized spacial score (nSPS) is 19.5. The van der Waals surface area contributed by atoms with E-state index in [1.807, 2.05) is 73.8 Å². The molecule has 1 aliphatic heterocycles. The van der Waals surface area contributed by atoms with Crippen LogP contribution in [0.2, 0.25) is 0 Å². The second-order valence-electron chi connectivity index (χ2n) is 8.31. The van der Waals surface area contributed by atoms with Crippen molar-refractivity contribution < 1.29 is 14.6 Å². The van der Waals surface area contributed by atoms with Crippen LogP contribution in [0, 0.1) is 0 Å². The lowest BCUT2D eigenvalue weighted by atomic mass is 9.85. The third-order valence-corrected chi connectivity index (χ3v) is 6.37. The molecule has 3 aromatic rings. The highest BCUT2D eigenvalue weighted by Crippen LogP contribution is 2.39. The molecule has 1 unspecified atom stereocenters. The minimum atomic E-state index is -0.795. The van der Waals surface area contributed by atoms with Crippen LogP contribution in [0.4, 0.5) is 4.79 Å². The molecule has 2 heterocycles. The van der Waals surface area contributed by atoms with Crippen molar-refractivity contribution in [1.29, 1.82) is 0 Å². The Bertz CT molecular complexity index is 1140. The average molecular weight is 433 g/mol. The summed E-state index contributed by atoms with van der Waals surface area (Å²) < 4.78 is 7.52. The van der Waals surface area contributed by atoms with Crippen LogP contribution in [-0.2, 0) is 17.4 Å². The number of aromatic nitrogens is 1. The molecule has 1 aromatic heterocycles. The monoisotopic (exact) mass is 432 g/mol. The predicted octanol–water partition coefficient (Wildman–Crippen LogP) is 4.23. The van der Waals surface area contributed by atoms with Crippen LogP contribution in [0.25, 0.3) is 11.1 Å². The summed E-state index contributed by atoms with van der Waals surface area (Å²) in [6.07, 6.45) is 2.43. The summed E-state index contributed by atoms with van der Waals surface area (Å²) >= 11 is 0. The average Bonchev–Trinajstić information content (AvgIpc) is 2.81. The number of aliphatic hydroxyl groups is 1. The maximum Gasteiger partial charge on any atom is 0.411 e. The van der Waals surface area contributed by atoms with E-state index in [0.29, 0.717) is 19.4 Å². The quantitative estimate of drug-likeness (QED) is 0.633. The highest BCUT2D eigenvalue weighted by molar-refractivity contribution is 5.70.